The number of carbonyl (C=O) groups is 1. The average Bonchev–Trinajstić information content (AvgIpc) is 2.46. The van der Waals surface area contributed by atoms with Gasteiger partial charge in [-0.2, -0.15) is 0 Å². The quantitative estimate of drug-likeness (QED) is 0.318. The molecule has 0 fully saturated rings. The van der Waals surface area contributed by atoms with Crippen molar-refractivity contribution in [2.75, 3.05) is 0 Å². The molecule has 0 aliphatic heterocycles. The summed E-state index contributed by atoms with van der Waals surface area (Å²) >= 11 is 0. The van der Waals surface area contributed by atoms with Crippen molar-refractivity contribution < 1.29 is 15.0 Å². The van der Waals surface area contributed by atoms with Crippen LogP contribution in [0, 0.1) is 0 Å². The third-order valence-corrected chi connectivity index (χ3v) is 2.89. The zero-order valence-electron chi connectivity index (χ0n) is 12.9. The van der Waals surface area contributed by atoms with E-state index in [9.17, 15) is 9.90 Å². The lowest BCUT2D eigenvalue weighted by Gasteiger charge is -1.96. The highest BCUT2D eigenvalue weighted by atomic mass is 16.4. The topological polar surface area (TPSA) is 57.5 Å². The predicted molar refractivity (Wildman–Crippen MR) is 88.2 cm³/mol. The van der Waals surface area contributed by atoms with Gasteiger partial charge in [-0.05, 0) is 38.5 Å². The minimum absolute atomic E-state index is 0.268. The van der Waals surface area contributed by atoms with Crippen molar-refractivity contribution in [3.63, 3.8) is 0 Å². The number of aliphatic hydroxyl groups excluding tert-OH is 1. The first-order chi connectivity index (χ1) is 10.2. The standard InChI is InChI=1S/C18H28O3/c1-2-17(19)15-13-11-9-7-5-3-4-6-8-10-12-14-16-18(20)21/h3,5-6,8-9,11,13,15,17,19H,2,4,7,10,12,14,16H2,1H3,(H,20,21). The highest BCUT2D eigenvalue weighted by Crippen LogP contribution is 2.01. The van der Waals surface area contributed by atoms with Crippen LogP contribution in [0.2, 0.25) is 0 Å². The van der Waals surface area contributed by atoms with E-state index in [1.165, 1.54) is 0 Å². The minimum atomic E-state index is -0.714. The summed E-state index contributed by atoms with van der Waals surface area (Å²) in [5.41, 5.74) is 0. The molecule has 0 saturated carbocycles. The van der Waals surface area contributed by atoms with E-state index in [0.29, 0.717) is 0 Å². The first-order valence-corrected chi connectivity index (χ1v) is 7.70. The van der Waals surface area contributed by atoms with Gasteiger partial charge in [0.25, 0.3) is 0 Å². The number of carboxylic acid groups (broad SMARTS) is 1. The van der Waals surface area contributed by atoms with Gasteiger partial charge < -0.3 is 10.2 Å². The lowest BCUT2D eigenvalue weighted by atomic mass is 10.2. The number of hydrogen-bond donors (Lipinski definition) is 2. The molecule has 0 aromatic rings. The maximum absolute atomic E-state index is 10.3. The van der Waals surface area contributed by atoms with Gasteiger partial charge in [0.1, 0.15) is 0 Å². The van der Waals surface area contributed by atoms with Crippen LogP contribution in [0.3, 0.4) is 0 Å². The van der Waals surface area contributed by atoms with Crippen LogP contribution < -0.4 is 0 Å². The summed E-state index contributed by atoms with van der Waals surface area (Å²) in [4.78, 5) is 10.3. The van der Waals surface area contributed by atoms with E-state index < -0.39 is 5.97 Å². The summed E-state index contributed by atoms with van der Waals surface area (Å²) in [6.07, 6.45) is 21.2. The average molecular weight is 292 g/mol. The zero-order valence-corrected chi connectivity index (χ0v) is 12.9. The number of hydrogen-bond acceptors (Lipinski definition) is 2. The Morgan fingerprint density at radius 2 is 1.67 bits per heavy atom. The number of unbranched alkanes of at least 4 members (excludes halogenated alkanes) is 2. The second-order valence-electron chi connectivity index (χ2n) is 4.84. The van der Waals surface area contributed by atoms with Crippen LogP contribution in [-0.2, 0) is 4.79 Å². The number of rotatable bonds is 12. The van der Waals surface area contributed by atoms with Gasteiger partial charge in [0, 0.05) is 6.42 Å². The SMILES string of the molecule is CCC(O)C=CC=CCC=CCC=CCCCCC(=O)O. The second kappa shape index (κ2) is 14.8. The highest BCUT2D eigenvalue weighted by molar-refractivity contribution is 5.66. The summed E-state index contributed by atoms with van der Waals surface area (Å²) in [5, 5.41) is 17.8. The van der Waals surface area contributed by atoms with Gasteiger partial charge in [0.05, 0.1) is 6.10 Å². The second-order valence-corrected chi connectivity index (χ2v) is 4.84. The molecule has 1 atom stereocenters. The monoisotopic (exact) mass is 292 g/mol. The van der Waals surface area contributed by atoms with E-state index in [1.807, 2.05) is 25.2 Å². The Balaban J connectivity index is 3.49. The summed E-state index contributed by atoms with van der Waals surface area (Å²) in [6.45, 7) is 1.95. The smallest absolute Gasteiger partial charge is 0.303 e. The molecule has 118 valence electrons. The molecule has 0 saturated heterocycles. The molecule has 0 aliphatic rings. The van der Waals surface area contributed by atoms with Crippen molar-refractivity contribution in [1.82, 2.24) is 0 Å². The molecule has 0 aromatic heterocycles. The Bertz CT molecular complexity index is 365. The van der Waals surface area contributed by atoms with Crippen LogP contribution >= 0.6 is 0 Å². The van der Waals surface area contributed by atoms with Crippen LogP contribution in [0.5, 0.6) is 0 Å². The molecular formula is C18H28O3. The maximum atomic E-state index is 10.3. The van der Waals surface area contributed by atoms with E-state index in [2.05, 4.69) is 24.3 Å². The molecule has 0 bridgehead atoms. The number of allylic oxidation sites excluding steroid dienone is 7. The van der Waals surface area contributed by atoms with Crippen LogP contribution in [0.1, 0.15) is 51.9 Å². The predicted octanol–water partition coefficient (Wildman–Crippen LogP) is 4.41. The molecular weight excluding hydrogens is 264 g/mol. The third kappa shape index (κ3) is 16.3. The normalized spacial score (nSPS) is 14.0. The molecule has 0 amide bonds. The summed E-state index contributed by atoms with van der Waals surface area (Å²) in [7, 11) is 0. The highest BCUT2D eigenvalue weighted by Gasteiger charge is 1.93. The van der Waals surface area contributed by atoms with Crippen LogP contribution in [0.4, 0.5) is 0 Å². The van der Waals surface area contributed by atoms with Crippen molar-refractivity contribution in [1.29, 1.82) is 0 Å². The first kappa shape index (κ1) is 19.4. The molecule has 0 heterocycles. The molecule has 0 aliphatic carbocycles. The van der Waals surface area contributed by atoms with Gasteiger partial charge >= 0.3 is 5.97 Å². The molecule has 2 N–H and O–H groups in total. The Hall–Kier alpha value is -1.61. The van der Waals surface area contributed by atoms with Crippen LogP contribution in [0.15, 0.2) is 48.6 Å². The van der Waals surface area contributed by atoms with Gasteiger partial charge in [-0.1, -0.05) is 55.5 Å². The Morgan fingerprint density at radius 1 is 1.00 bits per heavy atom. The molecule has 3 nitrogen and oxygen atoms in total. The molecule has 0 radical (unpaired) electrons. The fourth-order valence-electron chi connectivity index (χ4n) is 1.59. The van der Waals surface area contributed by atoms with Gasteiger partial charge in [-0.3, -0.25) is 4.79 Å². The summed E-state index contributed by atoms with van der Waals surface area (Å²) < 4.78 is 0. The molecule has 1 unspecified atom stereocenters. The van der Waals surface area contributed by atoms with Gasteiger partial charge in [-0.25, -0.2) is 0 Å². The Morgan fingerprint density at radius 3 is 2.33 bits per heavy atom. The molecule has 3 heteroatoms. The minimum Gasteiger partial charge on any atom is -0.481 e. The van der Waals surface area contributed by atoms with Crippen LogP contribution in [-0.4, -0.2) is 22.3 Å². The van der Waals surface area contributed by atoms with E-state index >= 15 is 0 Å². The Labute approximate surface area is 128 Å². The summed E-state index contributed by atoms with van der Waals surface area (Å²) in [6, 6.07) is 0. The molecule has 0 rings (SSSR count). The molecule has 21 heavy (non-hydrogen) atoms. The largest absolute Gasteiger partial charge is 0.481 e. The van der Waals surface area contributed by atoms with Crippen molar-refractivity contribution >= 4 is 5.97 Å². The van der Waals surface area contributed by atoms with Gasteiger partial charge in [0.2, 0.25) is 0 Å². The number of aliphatic carboxylic acids is 1. The Kier molecular flexibility index (Phi) is 13.7. The fraction of sp³-hybridized carbons (Fsp3) is 0.500. The van der Waals surface area contributed by atoms with Crippen molar-refractivity contribution in [2.45, 2.75) is 58.0 Å². The van der Waals surface area contributed by atoms with Crippen molar-refractivity contribution in [3.8, 4) is 0 Å². The lowest BCUT2D eigenvalue weighted by molar-refractivity contribution is -0.137. The molecule has 0 spiro atoms. The zero-order chi connectivity index (χ0) is 15.8. The molecule has 0 aromatic carbocycles. The maximum Gasteiger partial charge on any atom is 0.303 e. The third-order valence-electron chi connectivity index (χ3n) is 2.89. The fourth-order valence-corrected chi connectivity index (χ4v) is 1.59. The van der Waals surface area contributed by atoms with Gasteiger partial charge in [0.15, 0.2) is 0 Å². The number of carboxylic acids is 1. The van der Waals surface area contributed by atoms with E-state index in [4.69, 9.17) is 5.11 Å². The van der Waals surface area contributed by atoms with E-state index in [-0.39, 0.29) is 12.5 Å². The van der Waals surface area contributed by atoms with Gasteiger partial charge in [-0.15, -0.1) is 0 Å². The van der Waals surface area contributed by atoms with Crippen LogP contribution in [0.25, 0.3) is 0 Å². The van der Waals surface area contributed by atoms with E-state index in [1.54, 1.807) is 6.08 Å². The number of aliphatic hydroxyl groups is 1. The lowest BCUT2D eigenvalue weighted by Crippen LogP contribution is -1.97. The summed E-state index contributed by atoms with van der Waals surface area (Å²) in [5.74, 6) is -0.714. The van der Waals surface area contributed by atoms with Crippen molar-refractivity contribution in [3.05, 3.63) is 48.6 Å². The van der Waals surface area contributed by atoms with E-state index in [0.717, 1.165) is 38.5 Å². The first-order valence-electron chi connectivity index (χ1n) is 7.70. The van der Waals surface area contributed by atoms with Crippen molar-refractivity contribution in [2.24, 2.45) is 0 Å².